The topological polar surface area (TPSA) is 79.5 Å². The average Bonchev–Trinajstić information content (AvgIpc) is 2.34. The van der Waals surface area contributed by atoms with Crippen molar-refractivity contribution in [2.24, 2.45) is 0 Å². The van der Waals surface area contributed by atoms with Gasteiger partial charge in [-0.1, -0.05) is 0 Å². The summed E-state index contributed by atoms with van der Waals surface area (Å²) in [6.45, 7) is -0.252. The van der Waals surface area contributed by atoms with Crippen LogP contribution in [0.25, 0.3) is 0 Å². The van der Waals surface area contributed by atoms with Crippen molar-refractivity contribution in [1.29, 1.82) is 0 Å². The maximum atomic E-state index is 11.8. The summed E-state index contributed by atoms with van der Waals surface area (Å²) in [5.41, 5.74) is 0. The third kappa shape index (κ3) is 8.94. The highest BCUT2D eigenvalue weighted by Gasteiger charge is 2.27. The number of alkyl halides is 3. The van der Waals surface area contributed by atoms with E-state index in [0.717, 1.165) is 0 Å². The molecular weight excluding hydrogens is 303 g/mol. The maximum Gasteiger partial charge on any atom is 0.405 e. The third-order valence-corrected chi connectivity index (χ3v) is 2.36. The van der Waals surface area contributed by atoms with Gasteiger partial charge in [-0.15, -0.1) is 12.4 Å². The van der Waals surface area contributed by atoms with E-state index in [0.29, 0.717) is 19.8 Å². The molecule has 2 amide bonds. The number of carbonyl (C=O) groups excluding carboxylic acids is 2. The van der Waals surface area contributed by atoms with Gasteiger partial charge in [-0.25, -0.2) is 0 Å². The minimum Gasteiger partial charge on any atom is -0.378 e. The van der Waals surface area contributed by atoms with E-state index in [9.17, 15) is 22.8 Å². The van der Waals surface area contributed by atoms with Gasteiger partial charge in [-0.2, -0.15) is 13.2 Å². The lowest BCUT2D eigenvalue weighted by Gasteiger charge is -2.23. The van der Waals surface area contributed by atoms with E-state index in [1.807, 2.05) is 0 Å². The molecule has 0 spiro atoms. The first-order valence-corrected chi connectivity index (χ1v) is 5.78. The van der Waals surface area contributed by atoms with Crippen LogP contribution in [0.4, 0.5) is 13.2 Å². The Kier molecular flexibility index (Phi) is 8.51. The number of nitrogens with one attached hydrogen (secondary N) is 3. The lowest BCUT2D eigenvalue weighted by molar-refractivity contribution is -0.138. The van der Waals surface area contributed by atoms with Gasteiger partial charge in [0.2, 0.25) is 11.8 Å². The van der Waals surface area contributed by atoms with Gasteiger partial charge in [-0.05, 0) is 0 Å². The summed E-state index contributed by atoms with van der Waals surface area (Å²) in [6.07, 6.45) is -4.34. The monoisotopic (exact) mass is 319 g/mol. The molecule has 0 aromatic carbocycles. The van der Waals surface area contributed by atoms with Crippen LogP contribution in [-0.4, -0.2) is 56.9 Å². The molecule has 0 aromatic heterocycles. The molecule has 1 unspecified atom stereocenters. The molecule has 10 heteroatoms. The van der Waals surface area contributed by atoms with Crippen molar-refractivity contribution in [1.82, 2.24) is 16.0 Å². The molecule has 6 nitrogen and oxygen atoms in total. The van der Waals surface area contributed by atoms with E-state index < -0.39 is 31.1 Å². The van der Waals surface area contributed by atoms with Gasteiger partial charge in [0, 0.05) is 19.0 Å². The molecule has 1 rings (SSSR count). The van der Waals surface area contributed by atoms with Crippen molar-refractivity contribution in [2.45, 2.75) is 18.6 Å². The molecular formula is C10H17ClF3N3O3. The number of ether oxygens (including phenoxy) is 1. The number of hydrogen-bond donors (Lipinski definition) is 3. The molecule has 0 aliphatic carbocycles. The number of halogens is 4. The van der Waals surface area contributed by atoms with Crippen molar-refractivity contribution in [3.63, 3.8) is 0 Å². The summed E-state index contributed by atoms with van der Waals surface area (Å²) in [4.78, 5) is 22.4. The fourth-order valence-electron chi connectivity index (χ4n) is 1.49. The smallest absolute Gasteiger partial charge is 0.378 e. The van der Waals surface area contributed by atoms with E-state index in [2.05, 4.69) is 10.6 Å². The maximum absolute atomic E-state index is 11.8. The molecule has 118 valence electrons. The van der Waals surface area contributed by atoms with Crippen LogP contribution in [0.15, 0.2) is 0 Å². The predicted octanol–water partition coefficient (Wildman–Crippen LogP) is -0.419. The molecule has 0 aromatic rings. The summed E-state index contributed by atoms with van der Waals surface area (Å²) in [5, 5.41) is 6.96. The zero-order valence-electron chi connectivity index (χ0n) is 10.6. The minimum atomic E-state index is -4.46. The molecule has 1 heterocycles. The Morgan fingerprint density at radius 2 is 1.95 bits per heavy atom. The van der Waals surface area contributed by atoms with Crippen LogP contribution < -0.4 is 16.0 Å². The average molecular weight is 320 g/mol. The molecule has 0 bridgehead atoms. The number of rotatable bonds is 5. The lowest BCUT2D eigenvalue weighted by atomic mass is 10.2. The summed E-state index contributed by atoms with van der Waals surface area (Å²) in [5.74, 6) is -1.29. The van der Waals surface area contributed by atoms with Crippen molar-refractivity contribution in [3.8, 4) is 0 Å². The number of morpholine rings is 1. The van der Waals surface area contributed by atoms with Gasteiger partial charge in [0.05, 0.1) is 19.8 Å². The standard InChI is InChI=1S/C10H16F3N3O3.ClH/c11-10(12,13)6-16-9(18)4-15-8(17)3-7-5-19-2-1-14-7;/h7,14H,1-6H2,(H,15,17)(H,16,18);1H. The second-order valence-electron chi connectivity index (χ2n) is 4.10. The van der Waals surface area contributed by atoms with Crippen molar-refractivity contribution >= 4 is 24.2 Å². The number of amides is 2. The van der Waals surface area contributed by atoms with Crippen molar-refractivity contribution in [3.05, 3.63) is 0 Å². The SMILES string of the molecule is Cl.O=C(CNC(=O)CC1COCCN1)NCC(F)(F)F. The summed E-state index contributed by atoms with van der Waals surface area (Å²) in [6, 6.07) is -0.132. The Labute approximate surface area is 120 Å². The van der Waals surface area contributed by atoms with Crippen molar-refractivity contribution in [2.75, 3.05) is 32.8 Å². The van der Waals surface area contributed by atoms with Crippen LogP contribution in [0.1, 0.15) is 6.42 Å². The third-order valence-electron chi connectivity index (χ3n) is 2.36. The molecule has 1 aliphatic rings. The first-order valence-electron chi connectivity index (χ1n) is 5.78. The first kappa shape index (κ1) is 18.9. The van der Waals surface area contributed by atoms with E-state index in [1.54, 1.807) is 5.32 Å². The summed E-state index contributed by atoms with van der Waals surface area (Å²) >= 11 is 0. The molecule has 0 radical (unpaired) electrons. The minimum absolute atomic E-state index is 0. The Morgan fingerprint density at radius 3 is 2.50 bits per heavy atom. The molecule has 1 saturated heterocycles. The second kappa shape index (κ2) is 8.98. The lowest BCUT2D eigenvalue weighted by Crippen LogP contribution is -2.46. The van der Waals surface area contributed by atoms with Gasteiger partial charge in [0.15, 0.2) is 0 Å². The van der Waals surface area contributed by atoms with Crippen molar-refractivity contribution < 1.29 is 27.5 Å². The molecule has 20 heavy (non-hydrogen) atoms. The van der Waals surface area contributed by atoms with E-state index in [1.165, 1.54) is 0 Å². The highest BCUT2D eigenvalue weighted by atomic mass is 35.5. The van der Waals surface area contributed by atoms with Gasteiger partial charge in [-0.3, -0.25) is 9.59 Å². The molecule has 1 atom stereocenters. The second-order valence-corrected chi connectivity index (χ2v) is 4.10. The highest BCUT2D eigenvalue weighted by Crippen LogP contribution is 2.11. The fourth-order valence-corrected chi connectivity index (χ4v) is 1.49. The highest BCUT2D eigenvalue weighted by molar-refractivity contribution is 5.85. The van der Waals surface area contributed by atoms with E-state index in [-0.39, 0.29) is 24.9 Å². The molecule has 1 fully saturated rings. The zero-order valence-corrected chi connectivity index (χ0v) is 11.4. The fraction of sp³-hybridized carbons (Fsp3) is 0.800. The van der Waals surface area contributed by atoms with Gasteiger partial charge >= 0.3 is 6.18 Å². The van der Waals surface area contributed by atoms with Crippen LogP contribution in [0, 0.1) is 0 Å². The van der Waals surface area contributed by atoms with Crippen LogP contribution in [0.5, 0.6) is 0 Å². The Bertz CT molecular complexity index is 323. The molecule has 1 aliphatic heterocycles. The van der Waals surface area contributed by atoms with Crippen LogP contribution in [0.3, 0.4) is 0 Å². The quantitative estimate of drug-likeness (QED) is 0.643. The first-order chi connectivity index (χ1) is 8.87. The van der Waals surface area contributed by atoms with E-state index >= 15 is 0 Å². The number of hydrogen-bond acceptors (Lipinski definition) is 4. The van der Waals surface area contributed by atoms with Gasteiger partial charge in [0.25, 0.3) is 0 Å². The number of carbonyl (C=O) groups is 2. The Balaban J connectivity index is 0.00000361. The summed E-state index contributed by atoms with van der Waals surface area (Å²) in [7, 11) is 0. The van der Waals surface area contributed by atoms with E-state index in [4.69, 9.17) is 4.74 Å². The van der Waals surface area contributed by atoms with Crippen LogP contribution in [-0.2, 0) is 14.3 Å². The van der Waals surface area contributed by atoms with Crippen LogP contribution in [0.2, 0.25) is 0 Å². The normalized spacial score (nSPS) is 18.9. The van der Waals surface area contributed by atoms with Gasteiger partial charge in [0.1, 0.15) is 6.54 Å². The summed E-state index contributed by atoms with van der Waals surface area (Å²) < 4.78 is 40.5. The zero-order chi connectivity index (χ0) is 14.3. The molecule has 0 saturated carbocycles. The van der Waals surface area contributed by atoms with Crippen LogP contribution >= 0.6 is 12.4 Å². The van der Waals surface area contributed by atoms with Gasteiger partial charge < -0.3 is 20.7 Å². The Hall–Kier alpha value is -1.06. The largest absolute Gasteiger partial charge is 0.405 e. The molecule has 3 N–H and O–H groups in total. The predicted molar refractivity (Wildman–Crippen MR) is 66.5 cm³/mol. The Morgan fingerprint density at radius 1 is 1.25 bits per heavy atom.